The van der Waals surface area contributed by atoms with E-state index in [1.807, 2.05) is 18.5 Å². The topological polar surface area (TPSA) is 184 Å². The third kappa shape index (κ3) is 7.85. The highest BCUT2D eigenvalue weighted by Crippen LogP contribution is 2.37. The number of aryl methyl sites for hydroxylation is 1. The average Bonchev–Trinajstić information content (AvgIpc) is 3.53. The van der Waals surface area contributed by atoms with E-state index in [2.05, 4.69) is 42.1 Å². The van der Waals surface area contributed by atoms with Crippen LogP contribution in [0.3, 0.4) is 0 Å². The largest absolute Gasteiger partial charge is 0.474 e. The summed E-state index contributed by atoms with van der Waals surface area (Å²) >= 11 is 0. The van der Waals surface area contributed by atoms with Gasteiger partial charge in [0.05, 0.1) is 78.1 Å². The molecule has 4 N–H and O–H groups in total. The number of nitrogens with one attached hydrogen (secondary N) is 1. The van der Waals surface area contributed by atoms with Gasteiger partial charge in [0.2, 0.25) is 21.9 Å². The third-order valence-electron chi connectivity index (χ3n) is 10.3. The second-order valence-corrected chi connectivity index (χ2v) is 15.8. The van der Waals surface area contributed by atoms with E-state index in [-0.39, 0.29) is 12.1 Å². The van der Waals surface area contributed by atoms with Crippen molar-refractivity contribution in [2.45, 2.75) is 50.8 Å². The number of anilines is 4. The number of morpholine rings is 1. The van der Waals surface area contributed by atoms with Gasteiger partial charge in [-0.3, -0.25) is 9.29 Å². The zero-order valence-corrected chi connectivity index (χ0v) is 31.0. The van der Waals surface area contributed by atoms with Gasteiger partial charge in [-0.25, -0.2) is 28.3 Å². The summed E-state index contributed by atoms with van der Waals surface area (Å²) in [5, 5.41) is 18.3. The number of nitrogens with zero attached hydrogens (tertiary/aromatic N) is 10. The van der Waals surface area contributed by atoms with E-state index in [0.29, 0.717) is 66.1 Å². The van der Waals surface area contributed by atoms with Gasteiger partial charge in [0.25, 0.3) is 5.82 Å². The number of pyridine rings is 2. The zero-order valence-electron chi connectivity index (χ0n) is 30.2. The monoisotopic (exact) mass is 737 g/mol. The fraction of sp³-hybridized carbons (Fsp3) is 0.559. The predicted octanol–water partition coefficient (Wildman–Crippen LogP) is 1.66. The minimum atomic E-state index is -3.80. The molecule has 1 atom stereocenters. The van der Waals surface area contributed by atoms with Crippen LogP contribution in [0.15, 0.2) is 36.9 Å². The SMILES string of the molecule is CC(c1cnn(C)c1[NH2+]O)N(c1cnc2cc(N3CCOCC3)nc(OC3CCC(Nc4ncc(N5CCN(C)CC5)cn4)CC3)c2c1)S(C)(=O)=O. The second-order valence-electron chi connectivity index (χ2n) is 13.9. The number of hydrogen-bond donors (Lipinski definition) is 3. The summed E-state index contributed by atoms with van der Waals surface area (Å²) < 4.78 is 41.7. The zero-order chi connectivity index (χ0) is 36.4. The first-order chi connectivity index (χ1) is 25.1. The van der Waals surface area contributed by atoms with E-state index < -0.39 is 16.1 Å². The number of hydrogen-bond acceptors (Lipinski definition) is 14. The van der Waals surface area contributed by atoms with Crippen LogP contribution in [0.5, 0.6) is 5.88 Å². The third-order valence-corrected chi connectivity index (χ3v) is 11.5. The number of piperazine rings is 1. The molecule has 1 aliphatic carbocycles. The van der Waals surface area contributed by atoms with Crippen molar-refractivity contribution in [1.82, 2.24) is 34.6 Å². The number of ether oxygens (including phenoxy) is 2. The average molecular weight is 738 g/mol. The highest BCUT2D eigenvalue weighted by Gasteiger charge is 2.32. The van der Waals surface area contributed by atoms with Gasteiger partial charge >= 0.3 is 0 Å². The first-order valence-corrected chi connectivity index (χ1v) is 19.7. The molecule has 2 aliphatic heterocycles. The molecule has 52 heavy (non-hydrogen) atoms. The highest BCUT2D eigenvalue weighted by atomic mass is 32.2. The van der Waals surface area contributed by atoms with Crippen molar-refractivity contribution in [1.29, 1.82) is 0 Å². The van der Waals surface area contributed by atoms with Crippen LogP contribution >= 0.6 is 0 Å². The number of sulfonamides is 1. The van der Waals surface area contributed by atoms with Crippen LogP contribution in [0.1, 0.15) is 44.2 Å². The number of quaternary nitrogens is 1. The first-order valence-electron chi connectivity index (χ1n) is 17.9. The van der Waals surface area contributed by atoms with Crippen molar-refractivity contribution in [3.8, 4) is 5.88 Å². The molecular weight excluding hydrogens is 689 g/mol. The summed E-state index contributed by atoms with van der Waals surface area (Å²) in [5.74, 6) is 2.20. The van der Waals surface area contributed by atoms with Gasteiger partial charge in [-0.2, -0.15) is 15.6 Å². The van der Waals surface area contributed by atoms with E-state index in [1.165, 1.54) is 8.99 Å². The molecule has 18 heteroatoms. The van der Waals surface area contributed by atoms with Crippen LogP contribution < -0.4 is 29.6 Å². The lowest BCUT2D eigenvalue weighted by Gasteiger charge is -2.33. The predicted molar refractivity (Wildman–Crippen MR) is 197 cm³/mol. The molecule has 6 heterocycles. The van der Waals surface area contributed by atoms with Gasteiger partial charge < -0.3 is 29.5 Å². The van der Waals surface area contributed by atoms with Crippen molar-refractivity contribution in [2.24, 2.45) is 7.05 Å². The Morgan fingerprint density at radius 3 is 2.35 bits per heavy atom. The summed E-state index contributed by atoms with van der Waals surface area (Å²) in [5.41, 5.74) is 3.53. The van der Waals surface area contributed by atoms with Gasteiger partial charge in [-0.05, 0) is 45.7 Å². The van der Waals surface area contributed by atoms with Crippen molar-refractivity contribution >= 4 is 49.9 Å². The fourth-order valence-corrected chi connectivity index (χ4v) is 8.47. The van der Waals surface area contributed by atoms with E-state index in [0.717, 1.165) is 75.1 Å². The molecule has 0 amide bonds. The summed E-state index contributed by atoms with van der Waals surface area (Å²) in [7, 11) is 0.0283. The Morgan fingerprint density at radius 2 is 1.67 bits per heavy atom. The molecule has 3 fully saturated rings. The summed E-state index contributed by atoms with van der Waals surface area (Å²) in [6.45, 7) is 8.35. The lowest BCUT2D eigenvalue weighted by molar-refractivity contribution is -0.829. The van der Waals surface area contributed by atoms with Crippen LogP contribution in [-0.2, 0) is 21.8 Å². The van der Waals surface area contributed by atoms with Crippen LogP contribution in [0.25, 0.3) is 10.9 Å². The first kappa shape index (κ1) is 36.0. The van der Waals surface area contributed by atoms with Gasteiger partial charge in [0, 0.05) is 58.4 Å². The van der Waals surface area contributed by atoms with Crippen molar-refractivity contribution < 1.29 is 28.6 Å². The fourth-order valence-electron chi connectivity index (χ4n) is 7.30. The molecule has 0 aromatic carbocycles. The highest BCUT2D eigenvalue weighted by molar-refractivity contribution is 7.92. The van der Waals surface area contributed by atoms with Crippen LogP contribution in [0, 0.1) is 0 Å². The minimum absolute atomic E-state index is 0.0964. The normalized spacial score (nSPS) is 20.9. The van der Waals surface area contributed by atoms with Gasteiger partial charge in [-0.1, -0.05) is 0 Å². The second kappa shape index (κ2) is 15.3. The Hall–Kier alpha value is -4.36. The standard InChI is InChI=1S/C34H48N12O5S/c1-23(29-22-38-43(3)32(29)41-47)46(52(4,48)49)25-17-28-30(35-19-25)18-31(45-13-15-50-16-14-45)40-33(28)51-27-7-5-24(6-8-27)39-34-36-20-26(21-37-34)44-11-9-42(2)10-12-44/h17-24,27,41,47H,5-16H2,1-4H3,(H,36,37,39)/p+1. The lowest BCUT2D eigenvalue weighted by atomic mass is 9.93. The molecule has 17 nitrogen and oxygen atoms in total. The quantitative estimate of drug-likeness (QED) is 0.189. The summed E-state index contributed by atoms with van der Waals surface area (Å²) in [6, 6.07) is 3.22. The molecule has 1 unspecified atom stereocenters. The van der Waals surface area contributed by atoms with E-state index in [9.17, 15) is 13.6 Å². The minimum Gasteiger partial charge on any atom is -0.474 e. The maximum Gasteiger partial charge on any atom is 0.260 e. The molecule has 0 radical (unpaired) electrons. The molecule has 4 aromatic heterocycles. The number of fused-ring (bicyclic) bond motifs is 1. The molecule has 7 rings (SSSR count). The molecule has 4 aromatic rings. The number of nitrogens with two attached hydrogens (primary N) is 1. The van der Waals surface area contributed by atoms with Crippen LogP contribution in [0.2, 0.25) is 0 Å². The molecule has 280 valence electrons. The molecule has 1 saturated carbocycles. The number of likely N-dealkylation sites (N-methyl/N-ethyl adjacent to an activating group) is 1. The van der Waals surface area contributed by atoms with E-state index in [4.69, 9.17) is 19.4 Å². The number of rotatable bonds is 11. The van der Waals surface area contributed by atoms with E-state index in [1.54, 1.807) is 32.4 Å². The number of aromatic nitrogens is 6. The van der Waals surface area contributed by atoms with Gasteiger partial charge in [0.15, 0.2) is 0 Å². The lowest BCUT2D eigenvalue weighted by Crippen LogP contribution is -2.75. The Morgan fingerprint density at radius 1 is 0.962 bits per heavy atom. The molecule has 0 bridgehead atoms. The molecule has 2 saturated heterocycles. The Balaban J connectivity index is 1.10. The molecular formula is C34H49N12O5S+. The van der Waals surface area contributed by atoms with Crippen molar-refractivity contribution in [3.63, 3.8) is 0 Å². The Labute approximate surface area is 304 Å². The van der Waals surface area contributed by atoms with Crippen LogP contribution in [0.4, 0.5) is 29.0 Å². The summed E-state index contributed by atoms with van der Waals surface area (Å²) in [6.07, 6.45) is 11.3. The Kier molecular flexibility index (Phi) is 10.6. The summed E-state index contributed by atoms with van der Waals surface area (Å²) in [4.78, 5) is 25.8. The maximum absolute atomic E-state index is 13.3. The van der Waals surface area contributed by atoms with Crippen molar-refractivity contribution in [2.75, 3.05) is 85.2 Å². The van der Waals surface area contributed by atoms with Gasteiger partial charge in [0.1, 0.15) is 11.9 Å². The van der Waals surface area contributed by atoms with E-state index >= 15 is 0 Å². The smallest absolute Gasteiger partial charge is 0.260 e. The molecule has 0 spiro atoms. The van der Waals surface area contributed by atoms with Crippen molar-refractivity contribution in [3.05, 3.63) is 42.5 Å². The van der Waals surface area contributed by atoms with Gasteiger partial charge in [-0.15, -0.1) is 0 Å². The Bertz CT molecular complexity index is 1940. The maximum atomic E-state index is 13.3. The molecule has 3 aliphatic rings. The van der Waals surface area contributed by atoms with Crippen LogP contribution in [-0.4, -0.2) is 126 Å².